The van der Waals surface area contributed by atoms with Crippen LogP contribution in [-0.2, 0) is 4.79 Å². The fourth-order valence-corrected chi connectivity index (χ4v) is 5.30. The van der Waals surface area contributed by atoms with Crippen molar-refractivity contribution in [2.24, 2.45) is 0 Å². The first kappa shape index (κ1) is 19.1. The zero-order chi connectivity index (χ0) is 19.5. The minimum atomic E-state index is 0.0936. The Labute approximate surface area is 170 Å². The summed E-state index contributed by atoms with van der Waals surface area (Å²) in [5, 5.41) is 4.33. The number of nitrogens with one attached hydrogen (secondary N) is 2. The van der Waals surface area contributed by atoms with Gasteiger partial charge in [-0.3, -0.25) is 4.79 Å². The number of anilines is 1. The molecule has 1 aliphatic heterocycles. The van der Waals surface area contributed by atoms with Crippen molar-refractivity contribution in [3.63, 3.8) is 0 Å². The third-order valence-corrected chi connectivity index (χ3v) is 6.74. The van der Waals surface area contributed by atoms with E-state index < -0.39 is 0 Å². The highest BCUT2D eigenvalue weighted by Crippen LogP contribution is 2.28. The van der Waals surface area contributed by atoms with Crippen molar-refractivity contribution in [3.8, 4) is 0 Å². The molecule has 2 atom stereocenters. The lowest BCUT2D eigenvalue weighted by molar-refractivity contribution is -0.929. The number of quaternary nitrogens is 1. The normalized spacial score (nSPS) is 19.8. The number of hydrogen-bond donors (Lipinski definition) is 2. The van der Waals surface area contributed by atoms with Crippen LogP contribution in [0.4, 0.5) is 5.69 Å². The Morgan fingerprint density at radius 3 is 2.79 bits per heavy atom. The summed E-state index contributed by atoms with van der Waals surface area (Å²) < 4.78 is 1.23. The van der Waals surface area contributed by atoms with Gasteiger partial charge in [-0.2, -0.15) is 0 Å². The number of hydrogen-bond acceptors (Lipinski definition) is 3. The van der Waals surface area contributed by atoms with Crippen molar-refractivity contribution >= 4 is 33.1 Å². The maximum absolute atomic E-state index is 12.9. The van der Waals surface area contributed by atoms with Gasteiger partial charge in [-0.05, 0) is 42.5 Å². The molecule has 0 aliphatic carbocycles. The SMILES string of the molecule is CC(C)c1ccccc1NC(=O)C[NH+]1CCCC[C@H]1c1nc2ccccc2s1. The Balaban J connectivity index is 1.50. The van der Waals surface area contributed by atoms with Gasteiger partial charge in [0.1, 0.15) is 6.04 Å². The van der Waals surface area contributed by atoms with Crippen molar-refractivity contribution < 1.29 is 9.69 Å². The van der Waals surface area contributed by atoms with Gasteiger partial charge < -0.3 is 10.2 Å². The van der Waals surface area contributed by atoms with Gasteiger partial charge in [0.25, 0.3) is 5.91 Å². The summed E-state index contributed by atoms with van der Waals surface area (Å²) in [5.41, 5.74) is 3.20. The van der Waals surface area contributed by atoms with Gasteiger partial charge in [-0.25, -0.2) is 4.98 Å². The van der Waals surface area contributed by atoms with E-state index in [0.29, 0.717) is 18.5 Å². The maximum atomic E-state index is 12.9. The van der Waals surface area contributed by atoms with Crippen molar-refractivity contribution in [1.82, 2.24) is 4.98 Å². The number of aromatic nitrogens is 1. The molecular weight excluding hydrogens is 366 g/mol. The summed E-state index contributed by atoms with van der Waals surface area (Å²) in [5.74, 6) is 0.477. The summed E-state index contributed by atoms with van der Waals surface area (Å²) in [6.45, 7) is 5.83. The van der Waals surface area contributed by atoms with Crippen LogP contribution in [0.3, 0.4) is 0 Å². The van der Waals surface area contributed by atoms with Crippen molar-refractivity contribution in [2.75, 3.05) is 18.4 Å². The fourth-order valence-electron chi connectivity index (χ4n) is 4.14. The quantitative estimate of drug-likeness (QED) is 0.682. The predicted octanol–water partition coefficient (Wildman–Crippen LogP) is 4.17. The molecule has 0 spiro atoms. The molecule has 1 amide bonds. The molecule has 1 aliphatic rings. The van der Waals surface area contributed by atoms with Gasteiger partial charge >= 0.3 is 0 Å². The van der Waals surface area contributed by atoms with Gasteiger partial charge in [0.15, 0.2) is 11.6 Å². The fraction of sp³-hybridized carbons (Fsp3) is 0.391. The topological polar surface area (TPSA) is 46.4 Å². The molecular formula is C23H28N3OS+. The number of rotatable bonds is 5. The molecule has 3 aromatic rings. The van der Waals surface area contributed by atoms with Crippen LogP contribution in [0.1, 0.15) is 55.6 Å². The van der Waals surface area contributed by atoms with Crippen LogP contribution in [0.5, 0.6) is 0 Å². The summed E-state index contributed by atoms with van der Waals surface area (Å²) in [6, 6.07) is 16.7. The first-order valence-electron chi connectivity index (χ1n) is 10.2. The van der Waals surface area contributed by atoms with Gasteiger partial charge in [0.05, 0.1) is 16.8 Å². The van der Waals surface area contributed by atoms with Crippen molar-refractivity contribution in [3.05, 3.63) is 59.1 Å². The number of benzene rings is 2. The van der Waals surface area contributed by atoms with E-state index in [1.54, 1.807) is 11.3 Å². The van der Waals surface area contributed by atoms with Gasteiger partial charge in [0.2, 0.25) is 0 Å². The van der Waals surface area contributed by atoms with Gasteiger partial charge in [0, 0.05) is 12.1 Å². The second-order valence-corrected chi connectivity index (χ2v) is 9.01. The van der Waals surface area contributed by atoms with Gasteiger partial charge in [-0.1, -0.05) is 44.2 Å². The smallest absolute Gasteiger partial charge is 0.279 e. The van der Waals surface area contributed by atoms with Gasteiger partial charge in [-0.15, -0.1) is 11.3 Å². The first-order chi connectivity index (χ1) is 13.6. The molecule has 2 aromatic carbocycles. The van der Waals surface area contributed by atoms with Crippen LogP contribution in [0.15, 0.2) is 48.5 Å². The van der Waals surface area contributed by atoms with Crippen LogP contribution in [0, 0.1) is 0 Å². The molecule has 2 heterocycles. The second-order valence-electron chi connectivity index (χ2n) is 7.94. The lowest BCUT2D eigenvalue weighted by Gasteiger charge is -2.30. The second kappa shape index (κ2) is 8.41. The minimum absolute atomic E-state index is 0.0936. The molecule has 28 heavy (non-hydrogen) atoms. The molecule has 1 unspecified atom stereocenters. The summed E-state index contributed by atoms with van der Waals surface area (Å²) >= 11 is 1.78. The van der Waals surface area contributed by atoms with Crippen molar-refractivity contribution in [2.45, 2.75) is 45.1 Å². The predicted molar refractivity (Wildman–Crippen MR) is 116 cm³/mol. The number of likely N-dealkylation sites (tertiary alicyclic amines) is 1. The number of para-hydroxylation sites is 2. The maximum Gasteiger partial charge on any atom is 0.279 e. The number of fused-ring (bicyclic) bond motifs is 1. The molecule has 2 N–H and O–H groups in total. The molecule has 4 nitrogen and oxygen atoms in total. The first-order valence-corrected chi connectivity index (χ1v) is 11.0. The zero-order valence-corrected chi connectivity index (χ0v) is 17.4. The molecule has 0 radical (unpaired) electrons. The van der Waals surface area contributed by atoms with E-state index in [4.69, 9.17) is 4.98 Å². The number of carbonyl (C=O) groups is 1. The van der Waals surface area contributed by atoms with Crippen LogP contribution in [0.25, 0.3) is 10.2 Å². The van der Waals surface area contributed by atoms with E-state index in [9.17, 15) is 4.79 Å². The Morgan fingerprint density at radius 1 is 1.18 bits per heavy atom. The lowest BCUT2D eigenvalue weighted by atomic mass is 10.0. The summed E-state index contributed by atoms with van der Waals surface area (Å²) in [4.78, 5) is 19.1. The van der Waals surface area contributed by atoms with Crippen LogP contribution >= 0.6 is 11.3 Å². The summed E-state index contributed by atoms with van der Waals surface area (Å²) in [6.07, 6.45) is 3.49. The average molecular weight is 395 g/mol. The lowest BCUT2D eigenvalue weighted by Crippen LogP contribution is -3.14. The number of amides is 1. The zero-order valence-electron chi connectivity index (χ0n) is 16.6. The monoisotopic (exact) mass is 394 g/mol. The van der Waals surface area contributed by atoms with E-state index in [-0.39, 0.29) is 5.91 Å². The third kappa shape index (κ3) is 4.10. The Bertz CT molecular complexity index is 932. The Morgan fingerprint density at radius 2 is 1.96 bits per heavy atom. The molecule has 0 saturated carbocycles. The largest absolute Gasteiger partial charge is 0.321 e. The van der Waals surface area contributed by atoms with E-state index in [1.807, 2.05) is 24.3 Å². The van der Waals surface area contributed by atoms with E-state index in [0.717, 1.165) is 24.2 Å². The number of piperidine rings is 1. The highest BCUT2D eigenvalue weighted by atomic mass is 32.1. The summed E-state index contributed by atoms with van der Waals surface area (Å²) in [7, 11) is 0. The highest BCUT2D eigenvalue weighted by Gasteiger charge is 2.32. The molecule has 146 valence electrons. The number of carbonyl (C=O) groups excluding carboxylic acids is 1. The number of nitrogens with zero attached hydrogens (tertiary/aromatic N) is 1. The van der Waals surface area contributed by atoms with Crippen molar-refractivity contribution in [1.29, 1.82) is 0 Å². The average Bonchev–Trinajstić information content (AvgIpc) is 3.12. The Kier molecular flexibility index (Phi) is 5.74. The molecule has 1 fully saturated rings. The van der Waals surface area contributed by atoms with Crippen LogP contribution < -0.4 is 10.2 Å². The molecule has 5 heteroatoms. The van der Waals surface area contributed by atoms with E-state index in [1.165, 1.54) is 33.0 Å². The van der Waals surface area contributed by atoms with E-state index >= 15 is 0 Å². The third-order valence-electron chi connectivity index (χ3n) is 5.59. The molecule has 1 aromatic heterocycles. The molecule has 0 bridgehead atoms. The number of thiazole rings is 1. The molecule has 4 rings (SSSR count). The van der Waals surface area contributed by atoms with Crippen LogP contribution in [0.2, 0.25) is 0 Å². The van der Waals surface area contributed by atoms with E-state index in [2.05, 4.69) is 43.4 Å². The van der Waals surface area contributed by atoms with Crippen LogP contribution in [-0.4, -0.2) is 24.0 Å². The minimum Gasteiger partial charge on any atom is -0.321 e. The standard InChI is InChI=1S/C23H27N3OS/c1-16(2)17-9-3-4-10-18(17)24-22(27)15-26-14-8-7-12-20(26)23-25-19-11-5-6-13-21(19)28-23/h3-6,9-11,13,16,20H,7-8,12,14-15H2,1-2H3,(H,24,27)/p+1/t20-/m0/s1. The molecule has 1 saturated heterocycles. The Hall–Kier alpha value is -2.24. The highest BCUT2D eigenvalue weighted by molar-refractivity contribution is 7.18.